The van der Waals surface area contributed by atoms with E-state index in [9.17, 15) is 9.59 Å². The summed E-state index contributed by atoms with van der Waals surface area (Å²) in [6, 6.07) is -0.719. The second kappa shape index (κ2) is 4.67. The van der Waals surface area contributed by atoms with Crippen molar-refractivity contribution >= 4 is 11.9 Å². The summed E-state index contributed by atoms with van der Waals surface area (Å²) in [6.07, 6.45) is 4.02. The highest BCUT2D eigenvalue weighted by molar-refractivity contribution is 5.87. The molecule has 1 amide bonds. The van der Waals surface area contributed by atoms with Crippen molar-refractivity contribution in [1.82, 2.24) is 5.32 Å². The molecule has 0 heterocycles. The number of carboxylic acids is 1. The first-order chi connectivity index (χ1) is 8.00. The summed E-state index contributed by atoms with van der Waals surface area (Å²) in [5, 5.41) is 11.8. The number of carbonyl (C=O) groups excluding carboxylic acids is 1. The molecule has 4 heteroatoms. The van der Waals surface area contributed by atoms with Gasteiger partial charge in [0.15, 0.2) is 0 Å². The van der Waals surface area contributed by atoms with Crippen molar-refractivity contribution in [3.8, 4) is 0 Å². The largest absolute Gasteiger partial charge is 0.480 e. The van der Waals surface area contributed by atoms with Crippen molar-refractivity contribution in [2.45, 2.75) is 45.6 Å². The Morgan fingerprint density at radius 2 is 1.88 bits per heavy atom. The van der Waals surface area contributed by atoms with Gasteiger partial charge < -0.3 is 10.4 Å². The van der Waals surface area contributed by atoms with Crippen molar-refractivity contribution in [2.75, 3.05) is 0 Å². The Bertz CT molecular complexity index is 317. The minimum absolute atomic E-state index is 0.0345. The van der Waals surface area contributed by atoms with Gasteiger partial charge in [-0.2, -0.15) is 0 Å². The van der Waals surface area contributed by atoms with Crippen LogP contribution in [0.5, 0.6) is 0 Å². The van der Waals surface area contributed by atoms with E-state index in [1.165, 1.54) is 6.42 Å². The zero-order chi connectivity index (χ0) is 12.6. The molecule has 2 saturated carbocycles. The number of aliphatic carboxylic acids is 1. The average Bonchev–Trinajstić information content (AvgIpc) is 2.71. The lowest BCUT2D eigenvalue weighted by Crippen LogP contribution is -2.42. The molecule has 2 fully saturated rings. The van der Waals surface area contributed by atoms with Crippen LogP contribution in [-0.4, -0.2) is 23.0 Å². The van der Waals surface area contributed by atoms with Gasteiger partial charge in [-0.3, -0.25) is 4.79 Å². The van der Waals surface area contributed by atoms with Crippen molar-refractivity contribution in [1.29, 1.82) is 0 Å². The molecule has 2 rings (SSSR count). The smallest absolute Gasteiger partial charge is 0.326 e. The van der Waals surface area contributed by atoms with Crippen LogP contribution in [0.3, 0.4) is 0 Å². The molecule has 0 bridgehead atoms. The van der Waals surface area contributed by atoms with Crippen molar-refractivity contribution < 1.29 is 14.7 Å². The number of carboxylic acid groups (broad SMARTS) is 1. The second-order valence-corrected chi connectivity index (χ2v) is 5.81. The molecule has 0 radical (unpaired) electrons. The predicted octanol–water partition coefficient (Wildman–Crippen LogP) is 1.65. The van der Waals surface area contributed by atoms with Gasteiger partial charge in [-0.1, -0.05) is 20.3 Å². The Hall–Kier alpha value is -1.06. The summed E-state index contributed by atoms with van der Waals surface area (Å²) in [5.41, 5.74) is 0. The van der Waals surface area contributed by atoms with Gasteiger partial charge in [0, 0.05) is 5.92 Å². The normalized spacial score (nSPS) is 32.1. The van der Waals surface area contributed by atoms with Gasteiger partial charge in [0.25, 0.3) is 0 Å². The van der Waals surface area contributed by atoms with E-state index in [2.05, 4.69) is 5.32 Å². The number of hydrogen-bond donors (Lipinski definition) is 2. The minimum atomic E-state index is -0.919. The Morgan fingerprint density at radius 1 is 1.29 bits per heavy atom. The molecule has 2 aliphatic carbocycles. The summed E-state index contributed by atoms with van der Waals surface area (Å²) < 4.78 is 0. The fraction of sp³-hybridized carbons (Fsp3) is 0.846. The van der Waals surface area contributed by atoms with Crippen LogP contribution in [-0.2, 0) is 9.59 Å². The monoisotopic (exact) mass is 239 g/mol. The lowest BCUT2D eigenvalue weighted by atomic mass is 10.0. The highest BCUT2D eigenvalue weighted by atomic mass is 16.4. The van der Waals surface area contributed by atoms with Crippen LogP contribution < -0.4 is 5.32 Å². The van der Waals surface area contributed by atoms with E-state index in [-0.39, 0.29) is 17.7 Å². The molecule has 3 atom stereocenters. The number of nitrogens with one attached hydrogen (secondary N) is 1. The lowest BCUT2D eigenvalue weighted by Gasteiger charge is -2.17. The zero-order valence-corrected chi connectivity index (χ0v) is 10.5. The molecule has 0 aromatic heterocycles. The first-order valence-electron chi connectivity index (χ1n) is 6.54. The van der Waals surface area contributed by atoms with Crippen LogP contribution in [0.2, 0.25) is 0 Å². The van der Waals surface area contributed by atoms with Crippen molar-refractivity contribution in [2.24, 2.45) is 23.7 Å². The third kappa shape index (κ3) is 2.61. The summed E-state index contributed by atoms with van der Waals surface area (Å²) in [6.45, 7) is 3.93. The first-order valence-corrected chi connectivity index (χ1v) is 6.54. The molecule has 17 heavy (non-hydrogen) atoms. The molecule has 0 spiro atoms. The van der Waals surface area contributed by atoms with Gasteiger partial charge in [0.2, 0.25) is 5.91 Å². The third-order valence-electron chi connectivity index (χ3n) is 4.03. The highest BCUT2D eigenvalue weighted by Gasteiger charge is 2.56. The molecule has 0 aliphatic heterocycles. The topological polar surface area (TPSA) is 66.4 Å². The molecule has 3 unspecified atom stereocenters. The van der Waals surface area contributed by atoms with E-state index in [0.29, 0.717) is 18.3 Å². The number of hydrogen-bond acceptors (Lipinski definition) is 2. The predicted molar refractivity (Wildman–Crippen MR) is 63.3 cm³/mol. The van der Waals surface area contributed by atoms with Crippen LogP contribution in [0.4, 0.5) is 0 Å². The maximum Gasteiger partial charge on any atom is 0.326 e. The fourth-order valence-electron chi connectivity index (χ4n) is 3.17. The third-order valence-corrected chi connectivity index (χ3v) is 4.03. The first kappa shape index (κ1) is 12.4. The quantitative estimate of drug-likeness (QED) is 0.766. The van der Waals surface area contributed by atoms with E-state index in [0.717, 1.165) is 12.8 Å². The minimum Gasteiger partial charge on any atom is -0.480 e. The molecule has 4 nitrogen and oxygen atoms in total. The highest BCUT2D eigenvalue weighted by Crippen LogP contribution is 2.57. The van der Waals surface area contributed by atoms with Gasteiger partial charge in [0.1, 0.15) is 6.04 Å². The molecule has 0 aromatic carbocycles. The van der Waals surface area contributed by atoms with E-state index in [4.69, 9.17) is 5.11 Å². The van der Waals surface area contributed by atoms with E-state index in [1.54, 1.807) is 0 Å². The van der Waals surface area contributed by atoms with Gasteiger partial charge in [-0.05, 0) is 37.0 Å². The zero-order valence-electron chi connectivity index (χ0n) is 10.5. The molecule has 0 aromatic rings. The van der Waals surface area contributed by atoms with Crippen molar-refractivity contribution in [3.63, 3.8) is 0 Å². The molecule has 0 saturated heterocycles. The Kier molecular flexibility index (Phi) is 3.40. The lowest BCUT2D eigenvalue weighted by molar-refractivity contribution is -0.142. The van der Waals surface area contributed by atoms with Crippen molar-refractivity contribution in [3.05, 3.63) is 0 Å². The van der Waals surface area contributed by atoms with Crippen LogP contribution in [0.15, 0.2) is 0 Å². The molecule has 96 valence electrons. The summed E-state index contributed by atoms with van der Waals surface area (Å²) in [5.74, 6) is 0.519. The maximum atomic E-state index is 11.9. The van der Waals surface area contributed by atoms with Gasteiger partial charge in [0.05, 0.1) is 0 Å². The van der Waals surface area contributed by atoms with Crippen LogP contribution >= 0.6 is 0 Å². The Balaban J connectivity index is 1.86. The van der Waals surface area contributed by atoms with Gasteiger partial charge >= 0.3 is 5.97 Å². The summed E-state index contributed by atoms with van der Waals surface area (Å²) >= 11 is 0. The van der Waals surface area contributed by atoms with Gasteiger partial charge in [-0.25, -0.2) is 4.79 Å². The van der Waals surface area contributed by atoms with E-state index >= 15 is 0 Å². The molecule has 2 aliphatic rings. The summed E-state index contributed by atoms with van der Waals surface area (Å²) in [4.78, 5) is 23.0. The number of fused-ring (bicyclic) bond motifs is 1. The Morgan fingerprint density at radius 3 is 2.35 bits per heavy atom. The number of carbonyl (C=O) groups is 2. The van der Waals surface area contributed by atoms with Crippen LogP contribution in [0.1, 0.15) is 39.5 Å². The van der Waals surface area contributed by atoms with Gasteiger partial charge in [-0.15, -0.1) is 0 Å². The average molecular weight is 239 g/mol. The summed E-state index contributed by atoms with van der Waals surface area (Å²) in [7, 11) is 0. The maximum absolute atomic E-state index is 11.9. The standard InChI is InChI=1S/C13H21NO3/c1-7(2)6-10(13(16)17)14-12(15)11-8-4-3-5-9(8)11/h7-11H,3-6H2,1-2H3,(H,14,15)(H,16,17). The molecule has 2 N–H and O–H groups in total. The fourth-order valence-corrected chi connectivity index (χ4v) is 3.17. The second-order valence-electron chi connectivity index (χ2n) is 5.81. The number of rotatable bonds is 5. The molecular weight excluding hydrogens is 218 g/mol. The number of amides is 1. The Labute approximate surface area is 102 Å². The van der Waals surface area contributed by atoms with E-state index < -0.39 is 12.0 Å². The molecular formula is C13H21NO3. The SMILES string of the molecule is CC(C)CC(NC(=O)C1C2CCCC21)C(=O)O. The van der Waals surface area contributed by atoms with E-state index in [1.807, 2.05) is 13.8 Å². The van der Waals surface area contributed by atoms with Crippen LogP contribution in [0, 0.1) is 23.7 Å². The van der Waals surface area contributed by atoms with Crippen LogP contribution in [0.25, 0.3) is 0 Å².